The molecule has 1 aromatic rings. The Labute approximate surface area is 109 Å². The standard InChI is InChI=1S/C13H24N2OS/c1-4-16-9-5-7-14-8-6-13-15-12(10-17-13)11(2)3/h10-11,14H,4-9H2,1-3H3. The van der Waals surface area contributed by atoms with E-state index in [1.807, 2.05) is 6.92 Å². The molecule has 0 aromatic carbocycles. The predicted molar refractivity (Wildman–Crippen MR) is 73.9 cm³/mol. The highest BCUT2D eigenvalue weighted by Crippen LogP contribution is 2.17. The van der Waals surface area contributed by atoms with Crippen molar-refractivity contribution in [3.63, 3.8) is 0 Å². The first kappa shape index (κ1) is 14.6. The number of nitrogens with one attached hydrogen (secondary N) is 1. The molecule has 1 heterocycles. The van der Waals surface area contributed by atoms with Crippen LogP contribution < -0.4 is 5.32 Å². The highest BCUT2D eigenvalue weighted by atomic mass is 32.1. The maximum absolute atomic E-state index is 5.28. The molecular weight excluding hydrogens is 232 g/mol. The molecule has 0 bridgehead atoms. The molecule has 1 aromatic heterocycles. The fourth-order valence-electron chi connectivity index (χ4n) is 1.47. The predicted octanol–water partition coefficient (Wildman–Crippen LogP) is 2.83. The third-order valence-corrected chi connectivity index (χ3v) is 3.45. The van der Waals surface area contributed by atoms with Crippen LogP contribution in [0.2, 0.25) is 0 Å². The second-order valence-corrected chi connectivity index (χ2v) is 5.31. The van der Waals surface area contributed by atoms with Gasteiger partial charge in [0.05, 0.1) is 10.7 Å². The van der Waals surface area contributed by atoms with Crippen LogP contribution in [0.1, 0.15) is 43.8 Å². The molecule has 98 valence electrons. The second kappa shape index (κ2) is 8.61. The summed E-state index contributed by atoms with van der Waals surface area (Å²) in [7, 11) is 0. The highest BCUT2D eigenvalue weighted by Gasteiger charge is 2.04. The number of nitrogens with zero attached hydrogens (tertiary/aromatic N) is 1. The molecule has 0 atom stereocenters. The summed E-state index contributed by atoms with van der Waals surface area (Å²) in [5.41, 5.74) is 1.22. The Hall–Kier alpha value is -0.450. The van der Waals surface area contributed by atoms with Crippen LogP contribution >= 0.6 is 11.3 Å². The third kappa shape index (κ3) is 6.15. The van der Waals surface area contributed by atoms with Gasteiger partial charge in [-0.1, -0.05) is 13.8 Å². The molecule has 0 aliphatic heterocycles. The Morgan fingerprint density at radius 3 is 2.88 bits per heavy atom. The first-order valence-electron chi connectivity index (χ1n) is 6.46. The second-order valence-electron chi connectivity index (χ2n) is 4.37. The topological polar surface area (TPSA) is 34.1 Å². The normalized spacial score (nSPS) is 11.3. The van der Waals surface area contributed by atoms with E-state index in [4.69, 9.17) is 4.74 Å². The SMILES string of the molecule is CCOCCCNCCc1nc(C(C)C)cs1. The quantitative estimate of drug-likeness (QED) is 0.690. The zero-order valence-corrected chi connectivity index (χ0v) is 12.0. The molecule has 0 radical (unpaired) electrons. The molecule has 0 fully saturated rings. The van der Waals surface area contributed by atoms with Gasteiger partial charge in [0, 0.05) is 31.6 Å². The van der Waals surface area contributed by atoms with Crippen LogP contribution in [0, 0.1) is 0 Å². The average molecular weight is 256 g/mol. The van der Waals surface area contributed by atoms with Crippen molar-refractivity contribution in [1.29, 1.82) is 0 Å². The van der Waals surface area contributed by atoms with Crippen LogP contribution in [0.3, 0.4) is 0 Å². The van der Waals surface area contributed by atoms with Crippen molar-refractivity contribution in [3.8, 4) is 0 Å². The Balaban J connectivity index is 2.05. The minimum Gasteiger partial charge on any atom is -0.382 e. The summed E-state index contributed by atoms with van der Waals surface area (Å²) >= 11 is 1.77. The summed E-state index contributed by atoms with van der Waals surface area (Å²) in [5, 5.41) is 6.84. The molecule has 0 aliphatic carbocycles. The molecule has 4 heteroatoms. The van der Waals surface area contributed by atoms with Crippen LogP contribution in [-0.4, -0.2) is 31.3 Å². The Bertz CT molecular complexity index is 299. The van der Waals surface area contributed by atoms with Gasteiger partial charge in [0.25, 0.3) is 0 Å². The van der Waals surface area contributed by atoms with Crippen molar-refractivity contribution in [1.82, 2.24) is 10.3 Å². The first-order chi connectivity index (χ1) is 8.24. The summed E-state index contributed by atoms with van der Waals surface area (Å²) < 4.78 is 5.28. The van der Waals surface area contributed by atoms with E-state index in [1.165, 1.54) is 10.7 Å². The van der Waals surface area contributed by atoms with Crippen molar-refractivity contribution in [2.24, 2.45) is 0 Å². The van der Waals surface area contributed by atoms with Gasteiger partial charge in [-0.05, 0) is 25.8 Å². The van der Waals surface area contributed by atoms with Gasteiger partial charge < -0.3 is 10.1 Å². The minimum absolute atomic E-state index is 0.541. The van der Waals surface area contributed by atoms with Crippen LogP contribution in [0.4, 0.5) is 0 Å². The molecule has 0 saturated heterocycles. The zero-order chi connectivity index (χ0) is 12.5. The van der Waals surface area contributed by atoms with E-state index in [1.54, 1.807) is 11.3 Å². The number of thiazole rings is 1. The molecule has 0 aliphatic rings. The van der Waals surface area contributed by atoms with E-state index >= 15 is 0 Å². The molecule has 0 unspecified atom stereocenters. The molecule has 0 amide bonds. The van der Waals surface area contributed by atoms with Gasteiger partial charge in [-0.2, -0.15) is 0 Å². The van der Waals surface area contributed by atoms with Gasteiger partial charge in [-0.3, -0.25) is 0 Å². The smallest absolute Gasteiger partial charge is 0.0941 e. The Morgan fingerprint density at radius 2 is 2.24 bits per heavy atom. The van der Waals surface area contributed by atoms with Gasteiger partial charge in [0.2, 0.25) is 0 Å². The number of aromatic nitrogens is 1. The van der Waals surface area contributed by atoms with Crippen molar-refractivity contribution in [2.75, 3.05) is 26.3 Å². The van der Waals surface area contributed by atoms with E-state index in [2.05, 4.69) is 29.5 Å². The highest BCUT2D eigenvalue weighted by molar-refractivity contribution is 7.09. The lowest BCUT2D eigenvalue weighted by Gasteiger charge is -2.03. The lowest BCUT2D eigenvalue weighted by Crippen LogP contribution is -2.19. The zero-order valence-electron chi connectivity index (χ0n) is 11.2. The van der Waals surface area contributed by atoms with Crippen LogP contribution in [0.25, 0.3) is 0 Å². The number of hydrogen-bond donors (Lipinski definition) is 1. The monoisotopic (exact) mass is 256 g/mol. The summed E-state index contributed by atoms with van der Waals surface area (Å²) in [5.74, 6) is 0.541. The summed E-state index contributed by atoms with van der Waals surface area (Å²) in [6, 6.07) is 0. The third-order valence-electron chi connectivity index (χ3n) is 2.52. The average Bonchev–Trinajstić information content (AvgIpc) is 2.77. The van der Waals surface area contributed by atoms with E-state index in [0.29, 0.717) is 5.92 Å². The molecule has 17 heavy (non-hydrogen) atoms. The first-order valence-corrected chi connectivity index (χ1v) is 7.34. The summed E-state index contributed by atoms with van der Waals surface area (Å²) in [6.07, 6.45) is 2.12. The largest absolute Gasteiger partial charge is 0.382 e. The number of ether oxygens (including phenoxy) is 1. The van der Waals surface area contributed by atoms with E-state index < -0.39 is 0 Å². The van der Waals surface area contributed by atoms with Gasteiger partial charge in [-0.15, -0.1) is 11.3 Å². The van der Waals surface area contributed by atoms with Gasteiger partial charge >= 0.3 is 0 Å². The lowest BCUT2D eigenvalue weighted by atomic mass is 10.2. The molecule has 3 nitrogen and oxygen atoms in total. The maximum Gasteiger partial charge on any atom is 0.0941 e. The number of hydrogen-bond acceptors (Lipinski definition) is 4. The molecule has 1 rings (SSSR count). The van der Waals surface area contributed by atoms with Crippen molar-refractivity contribution in [3.05, 3.63) is 16.1 Å². The molecule has 0 spiro atoms. The molecule has 0 saturated carbocycles. The van der Waals surface area contributed by atoms with E-state index in [0.717, 1.165) is 39.1 Å². The van der Waals surface area contributed by atoms with Gasteiger partial charge in [0.1, 0.15) is 0 Å². The van der Waals surface area contributed by atoms with Crippen molar-refractivity contribution >= 4 is 11.3 Å². The van der Waals surface area contributed by atoms with Crippen LogP contribution in [0.5, 0.6) is 0 Å². The Kier molecular flexibility index (Phi) is 7.40. The van der Waals surface area contributed by atoms with Crippen molar-refractivity contribution in [2.45, 2.75) is 39.5 Å². The van der Waals surface area contributed by atoms with Crippen LogP contribution in [0.15, 0.2) is 5.38 Å². The van der Waals surface area contributed by atoms with Gasteiger partial charge in [-0.25, -0.2) is 4.98 Å². The summed E-state index contributed by atoms with van der Waals surface area (Å²) in [4.78, 5) is 4.61. The number of rotatable bonds is 9. The fourth-order valence-corrected chi connectivity index (χ4v) is 2.43. The summed E-state index contributed by atoms with van der Waals surface area (Å²) in [6.45, 7) is 10.1. The van der Waals surface area contributed by atoms with E-state index in [-0.39, 0.29) is 0 Å². The fraction of sp³-hybridized carbons (Fsp3) is 0.769. The van der Waals surface area contributed by atoms with E-state index in [9.17, 15) is 0 Å². The van der Waals surface area contributed by atoms with Gasteiger partial charge in [0.15, 0.2) is 0 Å². The maximum atomic E-state index is 5.28. The lowest BCUT2D eigenvalue weighted by molar-refractivity contribution is 0.145. The van der Waals surface area contributed by atoms with Crippen LogP contribution in [-0.2, 0) is 11.2 Å². The minimum atomic E-state index is 0.541. The molecule has 1 N–H and O–H groups in total. The Morgan fingerprint density at radius 1 is 1.41 bits per heavy atom. The van der Waals surface area contributed by atoms with Crippen molar-refractivity contribution < 1.29 is 4.74 Å². The molecular formula is C13H24N2OS.